The first-order chi connectivity index (χ1) is 9.69. The van der Waals surface area contributed by atoms with Gasteiger partial charge in [0.25, 0.3) is 0 Å². The number of rotatable bonds is 3. The predicted molar refractivity (Wildman–Crippen MR) is 84.0 cm³/mol. The molecule has 0 amide bonds. The highest BCUT2D eigenvalue weighted by molar-refractivity contribution is 5.91. The first-order valence-electron chi connectivity index (χ1n) is 7.06. The fourth-order valence-corrected chi connectivity index (χ4v) is 2.77. The molecular formula is C16H20N4. The lowest BCUT2D eigenvalue weighted by Gasteiger charge is -2.28. The van der Waals surface area contributed by atoms with E-state index in [0.717, 1.165) is 5.65 Å². The minimum atomic E-state index is 0.554. The van der Waals surface area contributed by atoms with Crippen molar-refractivity contribution >= 4 is 23.3 Å². The molecule has 2 N–H and O–H groups in total. The lowest BCUT2D eigenvalue weighted by atomic mass is 9.77. The van der Waals surface area contributed by atoms with Gasteiger partial charge < -0.3 is 10.1 Å². The van der Waals surface area contributed by atoms with Gasteiger partial charge in [-0.3, -0.25) is 4.99 Å². The molecule has 2 aromatic heterocycles. The smallest absolute Gasteiger partial charge is 0.142 e. The topological polar surface area (TPSA) is 55.7 Å². The van der Waals surface area contributed by atoms with Crippen LogP contribution in [0, 0.1) is 5.92 Å². The van der Waals surface area contributed by atoms with Crippen LogP contribution in [0.2, 0.25) is 0 Å². The highest BCUT2D eigenvalue weighted by atomic mass is 15.0. The Morgan fingerprint density at radius 2 is 2.20 bits per heavy atom. The zero-order valence-electron chi connectivity index (χ0n) is 12.0. The summed E-state index contributed by atoms with van der Waals surface area (Å²) in [6.07, 6.45) is 9.85. The molecule has 4 heteroatoms. The molecule has 1 saturated carbocycles. The average molecular weight is 268 g/mol. The standard InChI is InChI=1S/C16H20N4/c1-11(14(8-18-2)12-4-3-5-12)13-6-7-16-19-15(17)10-20(16)9-13/h6-10,12H,3-5,17H2,1-2H3/b14-11-,18-8?. The maximum absolute atomic E-state index is 5.74. The van der Waals surface area contributed by atoms with E-state index in [0.29, 0.717) is 11.7 Å². The van der Waals surface area contributed by atoms with E-state index in [1.165, 1.54) is 36.0 Å². The zero-order chi connectivity index (χ0) is 14.1. The fraction of sp³-hybridized carbons (Fsp3) is 0.375. The second kappa shape index (κ2) is 5.12. The molecule has 0 bridgehead atoms. The van der Waals surface area contributed by atoms with E-state index in [2.05, 4.69) is 29.2 Å². The van der Waals surface area contributed by atoms with Gasteiger partial charge in [0.2, 0.25) is 0 Å². The van der Waals surface area contributed by atoms with E-state index in [4.69, 9.17) is 5.73 Å². The summed E-state index contributed by atoms with van der Waals surface area (Å²) in [6, 6.07) is 4.12. The summed E-state index contributed by atoms with van der Waals surface area (Å²) in [5.41, 5.74) is 10.5. The first kappa shape index (κ1) is 12.9. The van der Waals surface area contributed by atoms with Gasteiger partial charge >= 0.3 is 0 Å². The van der Waals surface area contributed by atoms with Gasteiger partial charge in [-0.15, -0.1) is 0 Å². The van der Waals surface area contributed by atoms with E-state index in [9.17, 15) is 0 Å². The molecule has 4 nitrogen and oxygen atoms in total. The number of anilines is 1. The highest BCUT2D eigenvalue weighted by Crippen LogP contribution is 2.36. The first-order valence-corrected chi connectivity index (χ1v) is 7.06. The Morgan fingerprint density at radius 3 is 2.85 bits per heavy atom. The van der Waals surface area contributed by atoms with E-state index < -0.39 is 0 Å². The Hall–Kier alpha value is -2.10. The fourth-order valence-electron chi connectivity index (χ4n) is 2.77. The van der Waals surface area contributed by atoms with Crippen LogP contribution in [0.25, 0.3) is 11.2 Å². The number of nitrogens with two attached hydrogens (primary N) is 1. The number of nitrogens with zero attached hydrogens (tertiary/aromatic N) is 3. The van der Waals surface area contributed by atoms with Gasteiger partial charge in [-0.05, 0) is 54.5 Å². The van der Waals surface area contributed by atoms with E-state index in [-0.39, 0.29) is 0 Å². The summed E-state index contributed by atoms with van der Waals surface area (Å²) in [7, 11) is 1.84. The monoisotopic (exact) mass is 268 g/mol. The molecule has 0 saturated heterocycles. The summed E-state index contributed by atoms with van der Waals surface area (Å²) in [4.78, 5) is 8.49. The van der Waals surface area contributed by atoms with Gasteiger partial charge in [0.1, 0.15) is 11.5 Å². The quantitative estimate of drug-likeness (QED) is 0.869. The number of pyridine rings is 1. The number of hydrogen-bond acceptors (Lipinski definition) is 3. The second-order valence-electron chi connectivity index (χ2n) is 5.44. The van der Waals surface area contributed by atoms with Crippen LogP contribution in [0.15, 0.2) is 35.1 Å². The molecule has 1 aliphatic rings. The number of fused-ring (bicyclic) bond motifs is 1. The summed E-state index contributed by atoms with van der Waals surface area (Å²) >= 11 is 0. The molecule has 0 radical (unpaired) electrons. The third kappa shape index (κ3) is 2.22. The normalized spacial score (nSPS) is 17.5. The summed E-state index contributed by atoms with van der Waals surface area (Å²) in [5, 5.41) is 0. The van der Waals surface area contributed by atoms with E-state index in [1.54, 1.807) is 0 Å². The molecule has 20 heavy (non-hydrogen) atoms. The van der Waals surface area contributed by atoms with Crippen LogP contribution in [0.5, 0.6) is 0 Å². The number of hydrogen-bond donors (Lipinski definition) is 1. The third-order valence-corrected chi connectivity index (χ3v) is 4.15. The molecule has 2 heterocycles. The van der Waals surface area contributed by atoms with Crippen molar-refractivity contribution in [3.63, 3.8) is 0 Å². The second-order valence-corrected chi connectivity index (χ2v) is 5.44. The largest absolute Gasteiger partial charge is 0.382 e. The zero-order valence-corrected chi connectivity index (χ0v) is 12.0. The van der Waals surface area contributed by atoms with Crippen molar-refractivity contribution in [3.05, 3.63) is 35.7 Å². The Bertz CT molecular complexity index is 690. The van der Waals surface area contributed by atoms with Crippen molar-refractivity contribution in [1.29, 1.82) is 0 Å². The maximum atomic E-state index is 5.74. The van der Waals surface area contributed by atoms with Crippen LogP contribution in [-0.4, -0.2) is 22.6 Å². The molecular weight excluding hydrogens is 248 g/mol. The van der Waals surface area contributed by atoms with Crippen LogP contribution in [0.4, 0.5) is 5.82 Å². The minimum Gasteiger partial charge on any atom is -0.382 e. The van der Waals surface area contributed by atoms with Crippen molar-refractivity contribution in [3.8, 4) is 0 Å². The minimum absolute atomic E-state index is 0.554. The Balaban J connectivity index is 2.06. The van der Waals surface area contributed by atoms with Crippen LogP contribution >= 0.6 is 0 Å². The van der Waals surface area contributed by atoms with Gasteiger partial charge in [-0.1, -0.05) is 6.42 Å². The van der Waals surface area contributed by atoms with Crippen molar-refractivity contribution in [2.24, 2.45) is 10.9 Å². The molecule has 0 aliphatic heterocycles. The SMILES string of the molecule is CN=C/C(=C(\C)c1ccc2nc(N)cn2c1)C1CCC1. The predicted octanol–water partition coefficient (Wildman–Crippen LogP) is 3.19. The molecule has 0 aromatic carbocycles. The molecule has 1 aliphatic carbocycles. The van der Waals surface area contributed by atoms with Crippen molar-refractivity contribution in [2.45, 2.75) is 26.2 Å². The number of aromatic nitrogens is 2. The molecule has 0 atom stereocenters. The number of allylic oxidation sites excluding steroid dienone is 2. The van der Waals surface area contributed by atoms with Crippen LogP contribution in [-0.2, 0) is 0 Å². The average Bonchev–Trinajstić information content (AvgIpc) is 2.74. The van der Waals surface area contributed by atoms with Crippen molar-refractivity contribution < 1.29 is 0 Å². The van der Waals surface area contributed by atoms with Gasteiger partial charge in [0, 0.05) is 19.5 Å². The van der Waals surface area contributed by atoms with Gasteiger partial charge in [-0.25, -0.2) is 4.98 Å². The number of aliphatic imine (C=N–C) groups is 1. The third-order valence-electron chi connectivity index (χ3n) is 4.15. The van der Waals surface area contributed by atoms with Gasteiger partial charge in [0.05, 0.1) is 6.20 Å². The molecule has 0 unspecified atom stereocenters. The van der Waals surface area contributed by atoms with Crippen molar-refractivity contribution in [1.82, 2.24) is 9.38 Å². The van der Waals surface area contributed by atoms with Crippen LogP contribution in [0.1, 0.15) is 31.7 Å². The Morgan fingerprint density at radius 1 is 1.40 bits per heavy atom. The Labute approximate surface area is 119 Å². The summed E-state index contributed by atoms with van der Waals surface area (Å²) in [6.45, 7) is 2.18. The molecule has 3 rings (SSSR count). The van der Waals surface area contributed by atoms with Crippen molar-refractivity contribution in [2.75, 3.05) is 12.8 Å². The summed E-state index contributed by atoms with van der Waals surface area (Å²) in [5.74, 6) is 1.22. The van der Waals surface area contributed by atoms with Crippen LogP contribution < -0.4 is 5.73 Å². The van der Waals surface area contributed by atoms with Crippen LogP contribution in [0.3, 0.4) is 0 Å². The number of nitrogen functional groups attached to an aromatic ring is 1. The lowest BCUT2D eigenvalue weighted by Crippen LogP contribution is -2.16. The van der Waals surface area contributed by atoms with E-state index in [1.807, 2.05) is 29.9 Å². The highest BCUT2D eigenvalue weighted by Gasteiger charge is 2.22. The maximum Gasteiger partial charge on any atom is 0.142 e. The summed E-state index contributed by atoms with van der Waals surface area (Å²) < 4.78 is 1.98. The Kier molecular flexibility index (Phi) is 3.30. The van der Waals surface area contributed by atoms with Gasteiger partial charge in [-0.2, -0.15) is 0 Å². The molecule has 104 valence electrons. The number of imidazole rings is 1. The molecule has 1 fully saturated rings. The van der Waals surface area contributed by atoms with E-state index >= 15 is 0 Å². The molecule has 0 spiro atoms. The lowest BCUT2D eigenvalue weighted by molar-refractivity contribution is 0.379. The molecule has 2 aromatic rings. The van der Waals surface area contributed by atoms with Gasteiger partial charge in [0.15, 0.2) is 0 Å².